The van der Waals surface area contributed by atoms with Gasteiger partial charge in [0, 0.05) is 35.9 Å². The van der Waals surface area contributed by atoms with Gasteiger partial charge in [0.25, 0.3) is 5.91 Å². The van der Waals surface area contributed by atoms with Crippen molar-refractivity contribution in [3.63, 3.8) is 0 Å². The van der Waals surface area contributed by atoms with E-state index in [2.05, 4.69) is 9.88 Å². The van der Waals surface area contributed by atoms with Gasteiger partial charge in [0.2, 0.25) is 0 Å². The summed E-state index contributed by atoms with van der Waals surface area (Å²) in [5, 5.41) is 0.947. The molecule has 2 fully saturated rings. The summed E-state index contributed by atoms with van der Waals surface area (Å²) in [6, 6.07) is 14.3. The van der Waals surface area contributed by atoms with Crippen LogP contribution < -0.4 is 0 Å². The first kappa shape index (κ1) is 17.4. The molecule has 0 spiro atoms. The zero-order chi connectivity index (χ0) is 18.9. The standard InChI is InChI=1S/C24H25N3O/c28-24(27-15-5-7-18-6-1-4-10-23(18)27)20-16-22(17-11-13-25-14-12-17)26-21-9-3-2-8-19(20)21/h2-3,8-9,11-14,16,18,23H,1,4-7,10,15H2/t18-,23-/m0/s1. The smallest absolute Gasteiger partial charge is 0.254 e. The number of carbonyl (C=O) groups excluding carboxylic acids is 1. The van der Waals surface area contributed by atoms with Crippen LogP contribution in [0.25, 0.3) is 22.2 Å². The maximum Gasteiger partial charge on any atom is 0.254 e. The first-order valence-corrected chi connectivity index (χ1v) is 10.4. The SMILES string of the molecule is O=C(c1cc(-c2ccncc2)nc2ccccc12)N1CCC[C@@H]2CCCC[C@@H]21. The van der Waals surface area contributed by atoms with Crippen molar-refractivity contribution < 1.29 is 4.79 Å². The van der Waals surface area contributed by atoms with Crippen LogP contribution in [0.15, 0.2) is 54.9 Å². The lowest BCUT2D eigenvalue weighted by Crippen LogP contribution is -2.49. The Balaban J connectivity index is 1.60. The molecule has 142 valence electrons. The lowest BCUT2D eigenvalue weighted by atomic mass is 9.78. The number of likely N-dealkylation sites (tertiary alicyclic amines) is 1. The van der Waals surface area contributed by atoms with Crippen LogP contribution in [0.1, 0.15) is 48.9 Å². The molecule has 0 N–H and O–H groups in total. The van der Waals surface area contributed by atoms with Gasteiger partial charge in [0.05, 0.1) is 16.8 Å². The Kier molecular flexibility index (Phi) is 4.55. The van der Waals surface area contributed by atoms with E-state index >= 15 is 0 Å². The molecule has 0 radical (unpaired) electrons. The van der Waals surface area contributed by atoms with E-state index in [9.17, 15) is 4.79 Å². The summed E-state index contributed by atoms with van der Waals surface area (Å²) in [5.74, 6) is 0.852. The summed E-state index contributed by atoms with van der Waals surface area (Å²) >= 11 is 0. The van der Waals surface area contributed by atoms with E-state index in [0.717, 1.165) is 47.1 Å². The van der Waals surface area contributed by atoms with Gasteiger partial charge in [-0.05, 0) is 55.9 Å². The summed E-state index contributed by atoms with van der Waals surface area (Å²) in [4.78, 5) is 24.8. The van der Waals surface area contributed by atoms with E-state index in [4.69, 9.17) is 4.98 Å². The topological polar surface area (TPSA) is 46.1 Å². The fourth-order valence-corrected chi connectivity index (χ4v) is 5.05. The fraction of sp³-hybridized carbons (Fsp3) is 0.375. The molecule has 3 aromatic rings. The molecule has 4 heteroatoms. The molecule has 1 amide bonds. The van der Waals surface area contributed by atoms with Gasteiger partial charge in [-0.25, -0.2) is 4.98 Å². The molecule has 2 atom stereocenters. The van der Waals surface area contributed by atoms with E-state index in [-0.39, 0.29) is 5.91 Å². The Labute approximate surface area is 165 Å². The third-order valence-electron chi connectivity index (χ3n) is 6.43. The van der Waals surface area contributed by atoms with Crippen LogP contribution in [0.4, 0.5) is 0 Å². The predicted octanol–water partition coefficient (Wildman–Crippen LogP) is 5.09. The molecule has 0 bridgehead atoms. The minimum atomic E-state index is 0.172. The molecule has 3 heterocycles. The average Bonchev–Trinajstić information content (AvgIpc) is 2.78. The molecule has 4 nitrogen and oxygen atoms in total. The van der Waals surface area contributed by atoms with Crippen LogP contribution >= 0.6 is 0 Å². The van der Waals surface area contributed by atoms with Gasteiger partial charge in [-0.3, -0.25) is 9.78 Å². The van der Waals surface area contributed by atoms with Crippen molar-refractivity contribution in [3.8, 4) is 11.3 Å². The predicted molar refractivity (Wildman–Crippen MR) is 111 cm³/mol. The second kappa shape index (κ2) is 7.34. The number of pyridine rings is 2. The lowest BCUT2D eigenvalue weighted by Gasteiger charge is -2.44. The number of fused-ring (bicyclic) bond motifs is 2. The Bertz CT molecular complexity index is 999. The Morgan fingerprint density at radius 1 is 0.964 bits per heavy atom. The van der Waals surface area contributed by atoms with Crippen molar-refractivity contribution in [2.45, 2.75) is 44.6 Å². The molecule has 1 aromatic carbocycles. The molecule has 1 saturated carbocycles. The normalized spacial score (nSPS) is 22.1. The highest BCUT2D eigenvalue weighted by Crippen LogP contribution is 2.37. The number of aromatic nitrogens is 2. The molecule has 28 heavy (non-hydrogen) atoms. The van der Waals surface area contributed by atoms with E-state index in [0.29, 0.717) is 12.0 Å². The van der Waals surface area contributed by atoms with Crippen molar-refractivity contribution in [1.29, 1.82) is 0 Å². The molecule has 0 unspecified atom stereocenters. The van der Waals surface area contributed by atoms with Crippen molar-refractivity contribution in [3.05, 3.63) is 60.4 Å². The van der Waals surface area contributed by atoms with Crippen LogP contribution in [-0.2, 0) is 0 Å². The van der Waals surface area contributed by atoms with E-state index in [1.807, 2.05) is 42.5 Å². The molecule has 2 aromatic heterocycles. The minimum Gasteiger partial charge on any atom is -0.335 e. The maximum atomic E-state index is 13.7. The number of benzene rings is 1. The number of hydrogen-bond donors (Lipinski definition) is 0. The zero-order valence-electron chi connectivity index (χ0n) is 16.1. The number of rotatable bonds is 2. The van der Waals surface area contributed by atoms with Crippen molar-refractivity contribution in [2.75, 3.05) is 6.54 Å². The van der Waals surface area contributed by atoms with Crippen LogP contribution in [0.3, 0.4) is 0 Å². The number of para-hydroxylation sites is 1. The largest absolute Gasteiger partial charge is 0.335 e. The summed E-state index contributed by atoms with van der Waals surface area (Å²) in [6.07, 6.45) is 10.9. The third-order valence-corrected chi connectivity index (χ3v) is 6.43. The molecule has 5 rings (SSSR count). The number of amides is 1. The highest BCUT2D eigenvalue weighted by molar-refractivity contribution is 6.07. The summed E-state index contributed by atoms with van der Waals surface area (Å²) in [5.41, 5.74) is 3.48. The van der Waals surface area contributed by atoms with Crippen LogP contribution in [0.5, 0.6) is 0 Å². The number of nitrogens with zero attached hydrogens (tertiary/aromatic N) is 3. The molecule has 2 aliphatic rings. The van der Waals surface area contributed by atoms with Gasteiger partial charge in [-0.2, -0.15) is 0 Å². The first-order valence-electron chi connectivity index (χ1n) is 10.4. The van der Waals surface area contributed by atoms with Gasteiger partial charge in [0.1, 0.15) is 0 Å². The highest BCUT2D eigenvalue weighted by atomic mass is 16.2. The quantitative estimate of drug-likeness (QED) is 0.630. The minimum absolute atomic E-state index is 0.172. The number of piperidine rings is 1. The zero-order valence-corrected chi connectivity index (χ0v) is 16.1. The van der Waals surface area contributed by atoms with E-state index in [1.165, 1.54) is 25.7 Å². The average molecular weight is 371 g/mol. The van der Waals surface area contributed by atoms with Gasteiger partial charge in [-0.1, -0.05) is 31.0 Å². The lowest BCUT2D eigenvalue weighted by molar-refractivity contribution is 0.0392. The van der Waals surface area contributed by atoms with Crippen LogP contribution in [0, 0.1) is 5.92 Å². The summed E-state index contributed by atoms with van der Waals surface area (Å²) in [7, 11) is 0. The first-order chi connectivity index (χ1) is 13.8. The summed E-state index contributed by atoms with van der Waals surface area (Å²) in [6.45, 7) is 0.876. The second-order valence-corrected chi connectivity index (χ2v) is 8.06. The van der Waals surface area contributed by atoms with Crippen LogP contribution in [-0.4, -0.2) is 33.4 Å². The number of hydrogen-bond acceptors (Lipinski definition) is 3. The van der Waals surface area contributed by atoms with Crippen molar-refractivity contribution in [1.82, 2.24) is 14.9 Å². The van der Waals surface area contributed by atoms with Crippen molar-refractivity contribution in [2.24, 2.45) is 5.92 Å². The molecule has 1 saturated heterocycles. The van der Waals surface area contributed by atoms with E-state index in [1.54, 1.807) is 12.4 Å². The van der Waals surface area contributed by atoms with Gasteiger partial charge < -0.3 is 4.90 Å². The van der Waals surface area contributed by atoms with Gasteiger partial charge in [-0.15, -0.1) is 0 Å². The third kappa shape index (κ3) is 3.07. The monoisotopic (exact) mass is 371 g/mol. The Hall–Kier alpha value is -2.75. The Morgan fingerprint density at radius 2 is 1.75 bits per heavy atom. The van der Waals surface area contributed by atoms with Crippen molar-refractivity contribution >= 4 is 16.8 Å². The van der Waals surface area contributed by atoms with Crippen LogP contribution in [0.2, 0.25) is 0 Å². The molecule has 1 aliphatic heterocycles. The summed E-state index contributed by atoms with van der Waals surface area (Å²) < 4.78 is 0. The number of carbonyl (C=O) groups is 1. The Morgan fingerprint density at radius 3 is 2.64 bits per heavy atom. The molecular formula is C24H25N3O. The molecular weight excluding hydrogens is 346 g/mol. The van der Waals surface area contributed by atoms with E-state index < -0.39 is 0 Å². The van der Waals surface area contributed by atoms with Gasteiger partial charge >= 0.3 is 0 Å². The second-order valence-electron chi connectivity index (χ2n) is 8.06. The molecule has 1 aliphatic carbocycles. The highest BCUT2D eigenvalue weighted by Gasteiger charge is 2.36. The maximum absolute atomic E-state index is 13.7. The van der Waals surface area contributed by atoms with Gasteiger partial charge in [0.15, 0.2) is 0 Å². The fourth-order valence-electron chi connectivity index (χ4n) is 5.05.